The molecule has 0 aliphatic carbocycles. The van der Waals surface area contributed by atoms with Gasteiger partial charge in [-0.15, -0.1) is 0 Å². The second-order valence-corrected chi connectivity index (χ2v) is 8.35. The van der Waals surface area contributed by atoms with E-state index in [2.05, 4.69) is 20.9 Å². The summed E-state index contributed by atoms with van der Waals surface area (Å²) in [5, 5.41) is 9.07. The van der Waals surface area contributed by atoms with Gasteiger partial charge in [-0.05, 0) is 62.5 Å². The van der Waals surface area contributed by atoms with Gasteiger partial charge in [0.1, 0.15) is 0 Å². The molecule has 3 N–H and O–H groups in total. The highest BCUT2D eigenvalue weighted by Crippen LogP contribution is 2.37. The first-order valence-corrected chi connectivity index (χ1v) is 10.6. The minimum Gasteiger partial charge on any atom is -0.352 e. The van der Waals surface area contributed by atoms with Gasteiger partial charge in [0.25, 0.3) is 17.7 Å². The zero-order valence-corrected chi connectivity index (χ0v) is 18.5. The molecule has 8 heteroatoms. The lowest BCUT2D eigenvalue weighted by Crippen LogP contribution is -2.27. The van der Waals surface area contributed by atoms with Crippen molar-refractivity contribution in [1.82, 2.24) is 20.9 Å². The molecule has 0 saturated heterocycles. The van der Waals surface area contributed by atoms with E-state index in [1.54, 1.807) is 48.5 Å². The van der Waals surface area contributed by atoms with Gasteiger partial charge in [-0.25, -0.2) is 0 Å². The summed E-state index contributed by atoms with van der Waals surface area (Å²) in [6.07, 6.45) is 0.839. The quantitative estimate of drug-likeness (QED) is 0.565. The zero-order valence-electron chi connectivity index (χ0n) is 17.8. The maximum absolute atomic E-state index is 12.8. The molecule has 0 atom stereocenters. The van der Waals surface area contributed by atoms with E-state index in [4.69, 9.17) is 11.6 Å². The van der Waals surface area contributed by atoms with E-state index in [0.717, 1.165) is 13.0 Å². The normalized spacial score (nSPS) is 15.2. The van der Waals surface area contributed by atoms with Gasteiger partial charge in [-0.3, -0.25) is 14.4 Å². The van der Waals surface area contributed by atoms with E-state index < -0.39 is 0 Å². The Morgan fingerprint density at radius 3 is 2.19 bits per heavy atom. The SMILES string of the molecule is CN(C)CCCNC(=O)c1cccc(C2=C3C(=O)NC(c4ccc(Cl)cc4)=C3C(=O)N2)c1. The van der Waals surface area contributed by atoms with Crippen molar-refractivity contribution in [2.75, 3.05) is 27.2 Å². The number of carbonyl (C=O) groups excluding carboxylic acids is 3. The highest BCUT2D eigenvalue weighted by Gasteiger charge is 2.40. The maximum Gasteiger partial charge on any atom is 0.258 e. The zero-order chi connectivity index (χ0) is 22.8. The molecule has 2 aliphatic rings. The van der Waals surface area contributed by atoms with Crippen molar-refractivity contribution in [1.29, 1.82) is 0 Å². The first-order valence-electron chi connectivity index (χ1n) is 10.3. The number of hydrogen-bond acceptors (Lipinski definition) is 4. The summed E-state index contributed by atoms with van der Waals surface area (Å²) in [4.78, 5) is 40.1. The van der Waals surface area contributed by atoms with E-state index in [9.17, 15) is 14.4 Å². The number of halogens is 1. The number of hydrogen-bond donors (Lipinski definition) is 3. The van der Waals surface area contributed by atoms with Crippen LogP contribution in [0.25, 0.3) is 11.4 Å². The van der Waals surface area contributed by atoms with Crippen molar-refractivity contribution < 1.29 is 14.4 Å². The Kier molecular flexibility index (Phi) is 6.12. The van der Waals surface area contributed by atoms with Gasteiger partial charge in [-0.2, -0.15) is 0 Å². The standard InChI is InChI=1S/C24H23ClN4O3/c1-29(2)12-4-11-26-22(30)16-6-3-5-15(13-16)21-19-18(23(31)28-21)20(27-24(19)32)14-7-9-17(25)10-8-14/h3,5-10,13H,4,11-12H2,1-2H3,(H,26,30)(H,27,32)(H,28,31). The van der Waals surface area contributed by atoms with Crippen molar-refractivity contribution >= 4 is 40.7 Å². The Bertz CT molecular complexity index is 1170. The number of carbonyl (C=O) groups is 3. The Hall–Kier alpha value is -3.42. The lowest BCUT2D eigenvalue weighted by atomic mass is 10.0. The molecule has 2 heterocycles. The van der Waals surface area contributed by atoms with Crippen LogP contribution < -0.4 is 16.0 Å². The van der Waals surface area contributed by atoms with Crippen molar-refractivity contribution in [3.05, 3.63) is 81.4 Å². The third-order valence-electron chi connectivity index (χ3n) is 5.30. The lowest BCUT2D eigenvalue weighted by molar-refractivity contribution is -0.117. The Balaban J connectivity index is 1.63. The summed E-state index contributed by atoms with van der Waals surface area (Å²) in [5.41, 5.74) is 3.17. The predicted octanol–water partition coefficient (Wildman–Crippen LogP) is 2.40. The largest absolute Gasteiger partial charge is 0.352 e. The van der Waals surface area contributed by atoms with E-state index in [-0.39, 0.29) is 23.3 Å². The second-order valence-electron chi connectivity index (χ2n) is 7.91. The molecule has 0 radical (unpaired) electrons. The van der Waals surface area contributed by atoms with Crippen LogP contribution in [-0.4, -0.2) is 49.8 Å². The summed E-state index contributed by atoms with van der Waals surface area (Å²) in [6, 6.07) is 13.8. The number of nitrogens with zero attached hydrogens (tertiary/aromatic N) is 1. The fourth-order valence-corrected chi connectivity index (χ4v) is 3.87. The van der Waals surface area contributed by atoms with Gasteiger partial charge < -0.3 is 20.9 Å². The number of fused-ring (bicyclic) bond motifs is 1. The van der Waals surface area contributed by atoms with Crippen LogP contribution in [0.2, 0.25) is 5.02 Å². The van der Waals surface area contributed by atoms with E-state index in [0.29, 0.717) is 45.2 Å². The molecular weight excluding hydrogens is 428 g/mol. The highest BCUT2D eigenvalue weighted by molar-refractivity contribution is 6.31. The third kappa shape index (κ3) is 4.30. The summed E-state index contributed by atoms with van der Waals surface area (Å²) < 4.78 is 0. The van der Waals surface area contributed by atoms with Crippen LogP contribution in [0.15, 0.2) is 59.7 Å². The van der Waals surface area contributed by atoms with Crippen LogP contribution in [0, 0.1) is 0 Å². The molecule has 0 unspecified atom stereocenters. The minimum atomic E-state index is -0.364. The first-order chi connectivity index (χ1) is 15.3. The molecule has 2 aromatic rings. The monoisotopic (exact) mass is 450 g/mol. The summed E-state index contributed by atoms with van der Waals surface area (Å²) in [5.74, 6) is -0.928. The van der Waals surface area contributed by atoms with Crippen LogP contribution in [0.5, 0.6) is 0 Å². The van der Waals surface area contributed by atoms with Crippen LogP contribution in [0.1, 0.15) is 27.9 Å². The topological polar surface area (TPSA) is 90.5 Å². The molecule has 164 valence electrons. The third-order valence-corrected chi connectivity index (χ3v) is 5.55. The molecule has 0 spiro atoms. The molecule has 32 heavy (non-hydrogen) atoms. The Morgan fingerprint density at radius 1 is 0.938 bits per heavy atom. The molecule has 4 rings (SSSR count). The van der Waals surface area contributed by atoms with Crippen molar-refractivity contribution in [2.24, 2.45) is 0 Å². The van der Waals surface area contributed by atoms with Gasteiger partial charge in [-0.1, -0.05) is 35.9 Å². The average molecular weight is 451 g/mol. The summed E-state index contributed by atoms with van der Waals surface area (Å²) >= 11 is 5.96. The Morgan fingerprint density at radius 2 is 1.56 bits per heavy atom. The van der Waals surface area contributed by atoms with E-state index in [1.807, 2.05) is 14.1 Å². The van der Waals surface area contributed by atoms with Crippen LogP contribution in [0.4, 0.5) is 0 Å². The molecule has 2 aliphatic heterocycles. The molecule has 0 aromatic heterocycles. The fraction of sp³-hybridized carbons (Fsp3) is 0.208. The van der Waals surface area contributed by atoms with Crippen molar-refractivity contribution in [2.45, 2.75) is 6.42 Å². The van der Waals surface area contributed by atoms with E-state index in [1.165, 1.54) is 0 Å². The predicted molar refractivity (Wildman–Crippen MR) is 124 cm³/mol. The Labute approximate surface area is 191 Å². The van der Waals surface area contributed by atoms with Gasteiger partial charge in [0.2, 0.25) is 0 Å². The minimum absolute atomic E-state index is 0.200. The molecular formula is C24H23ClN4O3. The number of nitrogens with one attached hydrogen (secondary N) is 3. The van der Waals surface area contributed by atoms with Gasteiger partial charge >= 0.3 is 0 Å². The smallest absolute Gasteiger partial charge is 0.258 e. The highest BCUT2D eigenvalue weighted by atomic mass is 35.5. The molecule has 0 fully saturated rings. The molecule has 7 nitrogen and oxygen atoms in total. The first kappa shape index (κ1) is 21.8. The van der Waals surface area contributed by atoms with Crippen molar-refractivity contribution in [3.8, 4) is 0 Å². The molecule has 0 bridgehead atoms. The summed E-state index contributed by atoms with van der Waals surface area (Å²) in [7, 11) is 3.96. The number of rotatable bonds is 7. The van der Waals surface area contributed by atoms with Crippen LogP contribution in [-0.2, 0) is 9.59 Å². The van der Waals surface area contributed by atoms with Crippen LogP contribution >= 0.6 is 11.6 Å². The maximum atomic E-state index is 12.8. The van der Waals surface area contributed by atoms with Gasteiger partial charge in [0.15, 0.2) is 0 Å². The second kappa shape index (κ2) is 8.98. The lowest BCUT2D eigenvalue weighted by Gasteiger charge is -2.11. The van der Waals surface area contributed by atoms with Gasteiger partial charge in [0.05, 0.1) is 22.5 Å². The van der Waals surface area contributed by atoms with Crippen LogP contribution in [0.3, 0.4) is 0 Å². The average Bonchev–Trinajstić information content (AvgIpc) is 3.30. The summed E-state index contributed by atoms with van der Waals surface area (Å²) in [6.45, 7) is 1.44. The number of benzene rings is 2. The fourth-order valence-electron chi connectivity index (χ4n) is 3.75. The number of amides is 3. The van der Waals surface area contributed by atoms with Gasteiger partial charge in [0, 0.05) is 17.1 Å². The van der Waals surface area contributed by atoms with Crippen molar-refractivity contribution in [3.63, 3.8) is 0 Å². The molecule has 2 aromatic carbocycles. The molecule has 3 amide bonds. The molecule has 0 saturated carbocycles. The van der Waals surface area contributed by atoms with E-state index >= 15 is 0 Å².